The number of hydrogen-bond acceptors (Lipinski definition) is 3. The van der Waals surface area contributed by atoms with Gasteiger partial charge in [0.05, 0.1) is 11.6 Å². The minimum absolute atomic E-state index is 0.139. The minimum Gasteiger partial charge on any atom is -0.389 e. The highest BCUT2D eigenvalue weighted by Gasteiger charge is 2.37. The normalized spacial score (nSPS) is 19.5. The van der Waals surface area contributed by atoms with E-state index in [2.05, 4.69) is 5.32 Å². The second-order valence-corrected chi connectivity index (χ2v) is 6.08. The molecule has 4 nitrogen and oxygen atoms in total. The molecule has 0 aromatic carbocycles. The van der Waals surface area contributed by atoms with Crippen LogP contribution in [-0.2, 0) is 4.79 Å². The third kappa shape index (κ3) is 3.42. The smallest absolute Gasteiger partial charge is 0.239 e. The molecule has 0 aliphatic carbocycles. The Bertz CT molecular complexity index is 276. The first-order valence-electron chi connectivity index (χ1n) is 6.44. The number of amides is 1. The van der Waals surface area contributed by atoms with E-state index >= 15 is 0 Å². The summed E-state index contributed by atoms with van der Waals surface area (Å²) in [4.78, 5) is 14.0. The second kappa shape index (κ2) is 4.94. The monoisotopic (exact) mass is 242 g/mol. The Morgan fingerprint density at radius 3 is 2.12 bits per heavy atom. The van der Waals surface area contributed by atoms with Crippen LogP contribution in [0.15, 0.2) is 0 Å². The lowest BCUT2D eigenvalue weighted by molar-refractivity contribution is -0.133. The number of aliphatic hydroxyl groups is 1. The lowest BCUT2D eigenvalue weighted by atomic mass is 9.85. The number of rotatable bonds is 4. The highest BCUT2D eigenvalue weighted by molar-refractivity contribution is 5.81. The average molecular weight is 242 g/mol. The van der Waals surface area contributed by atoms with Crippen molar-refractivity contribution in [3.8, 4) is 0 Å². The fourth-order valence-corrected chi connectivity index (χ4v) is 1.99. The Hall–Kier alpha value is -0.610. The van der Waals surface area contributed by atoms with E-state index in [9.17, 15) is 9.90 Å². The van der Waals surface area contributed by atoms with E-state index in [-0.39, 0.29) is 11.9 Å². The van der Waals surface area contributed by atoms with Crippen molar-refractivity contribution in [1.82, 2.24) is 10.2 Å². The van der Waals surface area contributed by atoms with Gasteiger partial charge in [-0.2, -0.15) is 0 Å². The first-order valence-corrected chi connectivity index (χ1v) is 6.44. The molecule has 100 valence electrons. The fraction of sp³-hybridized carbons (Fsp3) is 0.923. The fourth-order valence-electron chi connectivity index (χ4n) is 1.99. The molecule has 1 fully saturated rings. The summed E-state index contributed by atoms with van der Waals surface area (Å²) in [6, 6.07) is -0.255. The topological polar surface area (TPSA) is 52.6 Å². The molecule has 4 heteroatoms. The number of hydrogen-bond donors (Lipinski definition) is 2. The molecule has 1 aliphatic rings. The molecule has 1 unspecified atom stereocenters. The largest absolute Gasteiger partial charge is 0.389 e. The molecule has 17 heavy (non-hydrogen) atoms. The first-order chi connectivity index (χ1) is 7.65. The first kappa shape index (κ1) is 14.5. The van der Waals surface area contributed by atoms with Gasteiger partial charge in [0.15, 0.2) is 0 Å². The minimum atomic E-state index is -0.869. The molecular weight excluding hydrogens is 216 g/mol. The zero-order chi connectivity index (χ0) is 13.3. The van der Waals surface area contributed by atoms with Gasteiger partial charge in [-0.25, -0.2) is 0 Å². The predicted molar refractivity (Wildman–Crippen MR) is 68.8 cm³/mol. The van der Waals surface area contributed by atoms with Gasteiger partial charge in [0.25, 0.3) is 0 Å². The van der Waals surface area contributed by atoms with Crippen LogP contribution in [0.5, 0.6) is 0 Å². The Morgan fingerprint density at radius 2 is 1.71 bits per heavy atom. The van der Waals surface area contributed by atoms with Crippen molar-refractivity contribution in [2.45, 2.75) is 64.6 Å². The molecule has 1 saturated heterocycles. The van der Waals surface area contributed by atoms with Gasteiger partial charge in [0.2, 0.25) is 5.91 Å². The number of carbonyl (C=O) groups is 1. The van der Waals surface area contributed by atoms with E-state index in [4.69, 9.17) is 0 Å². The Balaban J connectivity index is 2.59. The quantitative estimate of drug-likeness (QED) is 0.777. The Kier molecular flexibility index (Phi) is 4.20. The molecule has 1 atom stereocenters. The molecule has 1 aliphatic heterocycles. The molecule has 0 spiro atoms. The van der Waals surface area contributed by atoms with Gasteiger partial charge < -0.3 is 10.0 Å². The van der Waals surface area contributed by atoms with Crippen LogP contribution in [0.2, 0.25) is 0 Å². The maximum atomic E-state index is 12.1. The number of carbonyl (C=O) groups excluding carboxylic acids is 1. The summed E-state index contributed by atoms with van der Waals surface area (Å²) in [5, 5.41) is 13.3. The molecule has 1 amide bonds. The molecular formula is C13H26N2O2. The van der Waals surface area contributed by atoms with Crippen LogP contribution in [0.3, 0.4) is 0 Å². The molecule has 0 aromatic heterocycles. The van der Waals surface area contributed by atoms with Crippen molar-refractivity contribution in [2.75, 3.05) is 13.1 Å². The number of likely N-dealkylation sites (tertiary alicyclic amines) is 1. The summed E-state index contributed by atoms with van der Waals surface area (Å²) in [7, 11) is 0. The van der Waals surface area contributed by atoms with Gasteiger partial charge in [-0.1, -0.05) is 0 Å². The molecule has 0 bridgehead atoms. The standard InChI is InChI=1S/C13H26N2O2/c1-10(11(16)15-8-6-7-9-15)14-12(2,3)13(4,5)17/h10,14,17H,6-9H2,1-5H3. The summed E-state index contributed by atoms with van der Waals surface area (Å²) in [5.74, 6) is 0.139. The van der Waals surface area contributed by atoms with E-state index in [0.717, 1.165) is 25.9 Å². The highest BCUT2D eigenvalue weighted by atomic mass is 16.3. The maximum Gasteiger partial charge on any atom is 0.239 e. The summed E-state index contributed by atoms with van der Waals surface area (Å²) >= 11 is 0. The maximum absolute atomic E-state index is 12.1. The van der Waals surface area contributed by atoms with Crippen LogP contribution in [0.1, 0.15) is 47.5 Å². The van der Waals surface area contributed by atoms with Crippen LogP contribution in [0.4, 0.5) is 0 Å². The zero-order valence-electron chi connectivity index (χ0n) is 11.7. The number of nitrogens with one attached hydrogen (secondary N) is 1. The summed E-state index contributed by atoms with van der Waals surface area (Å²) in [6.45, 7) is 11.0. The van der Waals surface area contributed by atoms with Crippen molar-refractivity contribution < 1.29 is 9.90 Å². The molecule has 0 radical (unpaired) electrons. The molecule has 2 N–H and O–H groups in total. The molecule has 1 heterocycles. The zero-order valence-corrected chi connectivity index (χ0v) is 11.7. The molecule has 0 saturated carbocycles. The van der Waals surface area contributed by atoms with Crippen molar-refractivity contribution in [2.24, 2.45) is 0 Å². The van der Waals surface area contributed by atoms with E-state index < -0.39 is 11.1 Å². The SMILES string of the molecule is CC(NC(C)(C)C(C)(C)O)C(=O)N1CCCC1. The molecule has 1 rings (SSSR count). The second-order valence-electron chi connectivity index (χ2n) is 6.08. The van der Waals surface area contributed by atoms with Gasteiger partial charge >= 0.3 is 0 Å². The van der Waals surface area contributed by atoms with E-state index in [1.165, 1.54) is 0 Å². The van der Waals surface area contributed by atoms with Gasteiger partial charge in [-0.05, 0) is 47.5 Å². The van der Waals surface area contributed by atoms with E-state index in [1.807, 2.05) is 25.7 Å². The van der Waals surface area contributed by atoms with Gasteiger partial charge in [-0.15, -0.1) is 0 Å². The summed E-state index contributed by atoms with van der Waals surface area (Å²) in [6.07, 6.45) is 2.21. The van der Waals surface area contributed by atoms with Gasteiger partial charge in [-0.3, -0.25) is 10.1 Å². The Labute approximate surface area is 104 Å². The van der Waals surface area contributed by atoms with E-state index in [0.29, 0.717) is 0 Å². The van der Waals surface area contributed by atoms with Crippen LogP contribution < -0.4 is 5.32 Å². The molecule has 0 aromatic rings. The third-order valence-corrected chi connectivity index (χ3v) is 3.90. The highest BCUT2D eigenvalue weighted by Crippen LogP contribution is 2.21. The predicted octanol–water partition coefficient (Wildman–Crippen LogP) is 1.14. The summed E-state index contributed by atoms with van der Waals surface area (Å²) < 4.78 is 0. The van der Waals surface area contributed by atoms with Crippen LogP contribution in [0.25, 0.3) is 0 Å². The lowest BCUT2D eigenvalue weighted by Gasteiger charge is -2.40. The average Bonchev–Trinajstić information content (AvgIpc) is 2.66. The van der Waals surface area contributed by atoms with Crippen molar-refractivity contribution >= 4 is 5.91 Å². The number of nitrogens with zero attached hydrogens (tertiary/aromatic N) is 1. The van der Waals surface area contributed by atoms with Crippen LogP contribution in [-0.4, -0.2) is 46.2 Å². The summed E-state index contributed by atoms with van der Waals surface area (Å²) in [5.41, 5.74) is -1.37. The lowest BCUT2D eigenvalue weighted by Crippen LogP contribution is -2.61. The van der Waals surface area contributed by atoms with Crippen molar-refractivity contribution in [1.29, 1.82) is 0 Å². The van der Waals surface area contributed by atoms with Crippen LogP contribution in [0, 0.1) is 0 Å². The van der Waals surface area contributed by atoms with Gasteiger partial charge in [0, 0.05) is 18.6 Å². The van der Waals surface area contributed by atoms with E-state index in [1.54, 1.807) is 13.8 Å². The van der Waals surface area contributed by atoms with Crippen molar-refractivity contribution in [3.63, 3.8) is 0 Å². The Morgan fingerprint density at radius 1 is 1.24 bits per heavy atom. The third-order valence-electron chi connectivity index (χ3n) is 3.90. The van der Waals surface area contributed by atoms with Crippen LogP contribution >= 0.6 is 0 Å². The van der Waals surface area contributed by atoms with Gasteiger partial charge in [0.1, 0.15) is 0 Å². The van der Waals surface area contributed by atoms with Crippen molar-refractivity contribution in [3.05, 3.63) is 0 Å².